The summed E-state index contributed by atoms with van der Waals surface area (Å²) in [6, 6.07) is 5.61. The summed E-state index contributed by atoms with van der Waals surface area (Å²) < 4.78 is 14.5. The minimum Gasteiger partial charge on any atom is -0.349 e. The Morgan fingerprint density at radius 2 is 1.89 bits per heavy atom. The first-order valence-corrected chi connectivity index (χ1v) is 9.12. The lowest BCUT2D eigenvalue weighted by Gasteiger charge is -2.34. The lowest BCUT2D eigenvalue weighted by Crippen LogP contribution is -2.49. The quantitative estimate of drug-likeness (QED) is 0.597. The molecule has 1 N–H and O–H groups in total. The van der Waals surface area contributed by atoms with Crippen molar-refractivity contribution in [2.24, 2.45) is 7.05 Å². The number of nitro groups is 1. The number of rotatable bonds is 6. The van der Waals surface area contributed by atoms with E-state index in [9.17, 15) is 19.3 Å². The van der Waals surface area contributed by atoms with Crippen LogP contribution in [0.5, 0.6) is 0 Å². The Kier molecular flexibility index (Phi) is 5.88. The Labute approximate surface area is 161 Å². The number of hydrogen-bond donors (Lipinski definition) is 1. The standard InChI is InChI=1S/C18H23FN6O3/c1-3-15-17(25(27)28)18(22(2)21-15)24-10-8-23(9-11-24)12-16(26)20-14-6-4-13(19)5-7-14/h4-7H,3,8-12H2,1-2H3,(H,20,26). The number of nitrogens with one attached hydrogen (secondary N) is 1. The normalized spacial score (nSPS) is 14.9. The highest BCUT2D eigenvalue weighted by Gasteiger charge is 2.31. The zero-order valence-corrected chi connectivity index (χ0v) is 15.9. The molecule has 0 spiro atoms. The summed E-state index contributed by atoms with van der Waals surface area (Å²) in [5, 5.41) is 18.5. The van der Waals surface area contributed by atoms with Crippen molar-refractivity contribution in [3.63, 3.8) is 0 Å². The molecule has 9 nitrogen and oxygen atoms in total. The van der Waals surface area contributed by atoms with Gasteiger partial charge in [0.15, 0.2) is 0 Å². The van der Waals surface area contributed by atoms with Crippen molar-refractivity contribution in [1.82, 2.24) is 14.7 Å². The lowest BCUT2D eigenvalue weighted by molar-refractivity contribution is -0.384. The summed E-state index contributed by atoms with van der Waals surface area (Å²) in [5.41, 5.74) is 1.08. The Hall–Kier alpha value is -3.01. The van der Waals surface area contributed by atoms with Gasteiger partial charge in [0.2, 0.25) is 11.7 Å². The molecular formula is C18H23FN6O3. The van der Waals surface area contributed by atoms with E-state index in [2.05, 4.69) is 10.4 Å². The molecule has 1 amide bonds. The lowest BCUT2D eigenvalue weighted by atomic mass is 10.2. The average molecular weight is 390 g/mol. The molecule has 0 aliphatic carbocycles. The molecule has 3 rings (SSSR count). The number of aromatic nitrogens is 2. The first-order valence-electron chi connectivity index (χ1n) is 9.12. The molecule has 0 radical (unpaired) electrons. The molecule has 1 aromatic heterocycles. The maximum atomic E-state index is 12.9. The van der Waals surface area contributed by atoms with Gasteiger partial charge < -0.3 is 10.2 Å². The second-order valence-corrected chi connectivity index (χ2v) is 6.67. The van der Waals surface area contributed by atoms with Gasteiger partial charge >= 0.3 is 5.69 Å². The number of carbonyl (C=O) groups excluding carboxylic acids is 1. The SMILES string of the molecule is CCc1nn(C)c(N2CCN(CC(=O)Nc3ccc(F)cc3)CC2)c1[N+](=O)[O-]. The number of benzene rings is 1. The van der Waals surface area contributed by atoms with Crippen molar-refractivity contribution in [2.45, 2.75) is 13.3 Å². The Morgan fingerprint density at radius 3 is 2.46 bits per heavy atom. The summed E-state index contributed by atoms with van der Waals surface area (Å²) >= 11 is 0. The molecule has 1 aliphatic rings. The van der Waals surface area contributed by atoms with E-state index in [0.717, 1.165) is 0 Å². The summed E-state index contributed by atoms with van der Waals surface area (Å²) in [5.74, 6) is -0.0262. The predicted molar refractivity (Wildman–Crippen MR) is 103 cm³/mol. The van der Waals surface area contributed by atoms with E-state index >= 15 is 0 Å². The third kappa shape index (κ3) is 4.28. The summed E-state index contributed by atoms with van der Waals surface area (Å²) in [4.78, 5) is 27.3. The molecule has 10 heteroatoms. The fraction of sp³-hybridized carbons (Fsp3) is 0.444. The van der Waals surface area contributed by atoms with Crippen molar-refractivity contribution in [1.29, 1.82) is 0 Å². The minimum atomic E-state index is -0.371. The van der Waals surface area contributed by atoms with Gasteiger partial charge in [-0.1, -0.05) is 6.92 Å². The molecule has 1 saturated heterocycles. The van der Waals surface area contributed by atoms with Crippen LogP contribution < -0.4 is 10.2 Å². The molecule has 1 aliphatic heterocycles. The minimum absolute atomic E-state index is 0.0625. The van der Waals surface area contributed by atoms with Gasteiger partial charge in [-0.05, 0) is 30.7 Å². The molecule has 0 saturated carbocycles. The number of nitrogens with zero attached hydrogens (tertiary/aromatic N) is 5. The van der Waals surface area contributed by atoms with Gasteiger partial charge in [-0.2, -0.15) is 5.10 Å². The zero-order valence-electron chi connectivity index (χ0n) is 15.9. The van der Waals surface area contributed by atoms with Gasteiger partial charge in [0.25, 0.3) is 0 Å². The van der Waals surface area contributed by atoms with Crippen molar-refractivity contribution >= 4 is 23.1 Å². The number of carbonyl (C=O) groups is 1. The van der Waals surface area contributed by atoms with Gasteiger partial charge in [-0.25, -0.2) is 9.07 Å². The molecule has 150 valence electrons. The number of amides is 1. The van der Waals surface area contributed by atoms with Crippen LogP contribution in [0.25, 0.3) is 0 Å². The Morgan fingerprint density at radius 1 is 1.25 bits per heavy atom. The molecular weight excluding hydrogens is 367 g/mol. The van der Waals surface area contributed by atoms with E-state index < -0.39 is 0 Å². The number of piperazine rings is 1. The fourth-order valence-electron chi connectivity index (χ4n) is 3.39. The maximum Gasteiger partial charge on any atom is 0.334 e. The monoisotopic (exact) mass is 390 g/mol. The second-order valence-electron chi connectivity index (χ2n) is 6.67. The smallest absolute Gasteiger partial charge is 0.334 e. The predicted octanol–water partition coefficient (Wildman–Crippen LogP) is 1.79. The van der Waals surface area contributed by atoms with Crippen LogP contribution in [-0.2, 0) is 18.3 Å². The highest BCUT2D eigenvalue weighted by Crippen LogP contribution is 2.32. The van der Waals surface area contributed by atoms with Crippen LogP contribution in [0.2, 0.25) is 0 Å². The molecule has 0 atom stereocenters. The highest BCUT2D eigenvalue weighted by molar-refractivity contribution is 5.92. The van der Waals surface area contributed by atoms with E-state index in [0.29, 0.717) is 49.8 Å². The van der Waals surface area contributed by atoms with Crippen LogP contribution in [0.15, 0.2) is 24.3 Å². The number of anilines is 2. The summed E-state index contributed by atoms with van der Waals surface area (Å²) in [6.45, 7) is 4.37. The summed E-state index contributed by atoms with van der Waals surface area (Å²) in [7, 11) is 1.71. The first kappa shape index (κ1) is 19.7. The molecule has 0 bridgehead atoms. The molecule has 2 heterocycles. The zero-order chi connectivity index (χ0) is 20.3. The number of hydrogen-bond acceptors (Lipinski definition) is 6. The van der Waals surface area contributed by atoms with Crippen LogP contribution >= 0.6 is 0 Å². The van der Waals surface area contributed by atoms with Crippen molar-refractivity contribution in [2.75, 3.05) is 42.9 Å². The topological polar surface area (TPSA) is 96.5 Å². The van der Waals surface area contributed by atoms with E-state index in [1.165, 1.54) is 24.3 Å². The largest absolute Gasteiger partial charge is 0.349 e. The van der Waals surface area contributed by atoms with Gasteiger partial charge in [0.05, 0.1) is 11.5 Å². The fourth-order valence-corrected chi connectivity index (χ4v) is 3.39. The molecule has 28 heavy (non-hydrogen) atoms. The van der Waals surface area contributed by atoms with E-state index in [-0.39, 0.29) is 28.9 Å². The second kappa shape index (κ2) is 8.34. The van der Waals surface area contributed by atoms with Crippen LogP contribution in [0, 0.1) is 15.9 Å². The van der Waals surface area contributed by atoms with Crippen molar-refractivity contribution < 1.29 is 14.1 Å². The van der Waals surface area contributed by atoms with Crippen molar-refractivity contribution in [3.8, 4) is 0 Å². The third-order valence-corrected chi connectivity index (χ3v) is 4.75. The van der Waals surface area contributed by atoms with Crippen LogP contribution in [-0.4, -0.2) is 58.2 Å². The van der Waals surface area contributed by atoms with Gasteiger partial charge in [-0.15, -0.1) is 0 Å². The van der Waals surface area contributed by atoms with Gasteiger partial charge in [0.1, 0.15) is 11.5 Å². The number of halogens is 1. The Bertz CT molecular complexity index is 859. The number of aryl methyl sites for hydroxylation is 2. The maximum absolute atomic E-state index is 12.9. The van der Waals surface area contributed by atoms with Gasteiger partial charge in [0, 0.05) is 38.9 Å². The summed E-state index contributed by atoms with van der Waals surface area (Å²) in [6.07, 6.45) is 0.494. The van der Waals surface area contributed by atoms with E-state index in [1.807, 2.05) is 16.7 Å². The van der Waals surface area contributed by atoms with E-state index in [1.54, 1.807) is 11.7 Å². The third-order valence-electron chi connectivity index (χ3n) is 4.75. The molecule has 1 aromatic carbocycles. The molecule has 1 fully saturated rings. The van der Waals surface area contributed by atoms with Crippen LogP contribution in [0.4, 0.5) is 21.6 Å². The molecule has 2 aromatic rings. The average Bonchev–Trinajstić information content (AvgIpc) is 3.01. The van der Waals surface area contributed by atoms with Crippen molar-refractivity contribution in [3.05, 3.63) is 45.9 Å². The highest BCUT2D eigenvalue weighted by atomic mass is 19.1. The van der Waals surface area contributed by atoms with Crippen LogP contribution in [0.3, 0.4) is 0 Å². The van der Waals surface area contributed by atoms with Gasteiger partial charge in [-0.3, -0.25) is 19.8 Å². The van der Waals surface area contributed by atoms with E-state index in [4.69, 9.17) is 0 Å². The first-order chi connectivity index (χ1) is 13.4. The Balaban J connectivity index is 1.59. The molecule has 0 unspecified atom stereocenters. The van der Waals surface area contributed by atoms with Crippen LogP contribution in [0.1, 0.15) is 12.6 Å².